The highest BCUT2D eigenvalue weighted by atomic mass is 32.1. The van der Waals surface area contributed by atoms with Gasteiger partial charge < -0.3 is 4.57 Å². The van der Waals surface area contributed by atoms with E-state index in [4.69, 9.17) is 9.97 Å². The zero-order chi connectivity index (χ0) is 34.3. The molecule has 3 nitrogen and oxygen atoms in total. The zero-order valence-corrected chi connectivity index (χ0v) is 29.6. The maximum Gasteiger partial charge on any atom is 0.136 e. The fourth-order valence-electron chi connectivity index (χ4n) is 7.62. The Labute approximate surface area is 301 Å². The Morgan fingerprint density at radius 3 is 2.16 bits per heavy atom. The van der Waals surface area contributed by atoms with Crippen LogP contribution in [0.5, 0.6) is 0 Å². The monoisotopic (exact) mass is 675 g/mol. The minimum absolute atomic E-state index is 0.0721. The number of aromatic nitrogens is 3. The van der Waals surface area contributed by atoms with Gasteiger partial charge in [-0.2, -0.15) is 0 Å². The average Bonchev–Trinajstić information content (AvgIpc) is 3.64. The second kappa shape index (κ2) is 13.1. The number of para-hydroxylation sites is 2. The summed E-state index contributed by atoms with van der Waals surface area (Å²) < 4.78 is 4.89. The summed E-state index contributed by atoms with van der Waals surface area (Å²) in [5, 5.41) is 6.17. The quantitative estimate of drug-likeness (QED) is 0.186. The Morgan fingerprint density at radius 1 is 0.608 bits per heavy atom. The van der Waals surface area contributed by atoms with E-state index in [2.05, 4.69) is 162 Å². The minimum Gasteiger partial charge on any atom is -0.309 e. The number of fused-ring (bicyclic) bond motifs is 8. The summed E-state index contributed by atoms with van der Waals surface area (Å²) in [6.07, 6.45) is 8.93. The summed E-state index contributed by atoms with van der Waals surface area (Å²) in [4.78, 5) is 10.8. The smallest absolute Gasteiger partial charge is 0.136 e. The summed E-state index contributed by atoms with van der Waals surface area (Å²) in [6.45, 7) is 4.00. The second-order valence-corrected chi connectivity index (χ2v) is 13.9. The van der Waals surface area contributed by atoms with Crippen molar-refractivity contribution >= 4 is 69.8 Å². The molecule has 51 heavy (non-hydrogen) atoms. The number of hydrogen-bond acceptors (Lipinski definition) is 3. The average molecular weight is 676 g/mol. The van der Waals surface area contributed by atoms with Crippen molar-refractivity contribution < 1.29 is 0 Å². The maximum atomic E-state index is 5.43. The molecule has 0 saturated heterocycles. The van der Waals surface area contributed by atoms with Crippen molar-refractivity contribution in [1.29, 1.82) is 0 Å². The molecule has 4 heteroatoms. The van der Waals surface area contributed by atoms with E-state index in [9.17, 15) is 0 Å². The SMILES string of the molecule is C1=CC(c2ccc3c(c2)c2ccccc2n3-c2ccccc2)=CC(c2nc(-c3ccccc3)c3ccc4c5ccccc5sc4c3n2)CC1.CC. The molecule has 0 N–H and O–H groups in total. The highest BCUT2D eigenvalue weighted by Crippen LogP contribution is 2.41. The molecule has 1 atom stereocenters. The molecule has 0 amide bonds. The molecule has 1 unspecified atom stereocenters. The third-order valence-electron chi connectivity index (χ3n) is 9.95. The van der Waals surface area contributed by atoms with Crippen molar-refractivity contribution in [3.05, 3.63) is 169 Å². The first-order valence-corrected chi connectivity index (χ1v) is 18.8. The van der Waals surface area contributed by atoms with Crippen molar-refractivity contribution in [1.82, 2.24) is 14.5 Å². The summed E-state index contributed by atoms with van der Waals surface area (Å²) >= 11 is 1.83. The second-order valence-electron chi connectivity index (χ2n) is 12.9. The first-order valence-electron chi connectivity index (χ1n) is 17.9. The van der Waals surface area contributed by atoms with Crippen LogP contribution in [0.2, 0.25) is 0 Å². The minimum atomic E-state index is 0.0721. The molecule has 9 aromatic rings. The summed E-state index contributed by atoms with van der Waals surface area (Å²) in [5.41, 5.74) is 9.19. The molecule has 3 aromatic heterocycles. The van der Waals surface area contributed by atoms with Gasteiger partial charge >= 0.3 is 0 Å². The lowest BCUT2D eigenvalue weighted by Gasteiger charge is -2.15. The van der Waals surface area contributed by atoms with E-state index >= 15 is 0 Å². The van der Waals surface area contributed by atoms with E-state index in [1.165, 1.54) is 58.8 Å². The third kappa shape index (κ3) is 5.35. The number of nitrogens with zero attached hydrogens (tertiary/aromatic N) is 3. The first-order chi connectivity index (χ1) is 25.3. The van der Waals surface area contributed by atoms with E-state index in [1.807, 2.05) is 25.2 Å². The summed E-state index contributed by atoms with van der Waals surface area (Å²) in [5.74, 6) is 0.960. The number of hydrogen-bond donors (Lipinski definition) is 0. The number of benzene rings is 6. The molecule has 6 aromatic carbocycles. The third-order valence-corrected chi connectivity index (χ3v) is 11.1. The van der Waals surface area contributed by atoms with Crippen LogP contribution in [-0.2, 0) is 0 Å². The Balaban J connectivity index is 0.00000171. The van der Waals surface area contributed by atoms with E-state index in [-0.39, 0.29) is 5.92 Å². The maximum absolute atomic E-state index is 5.43. The van der Waals surface area contributed by atoms with Gasteiger partial charge in [0.15, 0.2) is 0 Å². The fraction of sp³-hybridized carbons (Fsp3) is 0.106. The van der Waals surface area contributed by atoms with Gasteiger partial charge in [0.2, 0.25) is 0 Å². The van der Waals surface area contributed by atoms with E-state index < -0.39 is 0 Å². The van der Waals surface area contributed by atoms with Crippen LogP contribution in [0.4, 0.5) is 0 Å². The van der Waals surface area contributed by atoms with Gasteiger partial charge in [-0.3, -0.25) is 0 Å². The number of allylic oxidation sites excluding steroid dienone is 4. The summed E-state index contributed by atoms with van der Waals surface area (Å²) in [6, 6.07) is 50.1. The van der Waals surface area contributed by atoms with E-state index in [0.717, 1.165) is 40.8 Å². The molecule has 1 aliphatic carbocycles. The van der Waals surface area contributed by atoms with Gasteiger partial charge in [-0.15, -0.1) is 11.3 Å². The van der Waals surface area contributed by atoms with Crippen LogP contribution in [0.3, 0.4) is 0 Å². The normalized spacial score (nSPS) is 14.5. The standard InChI is InChI=1S/C45H31N3S.C2H6/c1-3-13-29(14-4-1)42-37-25-24-36-35-20-10-12-22-41(35)49-44(36)43(37)47-45(46-42)32-16-8-7-15-30(27-32)31-23-26-40-38(28-31)34-19-9-11-21-39(34)48(40)33-17-5-2-6-18-33;1-2/h1-7,9-15,17-28,32H,8,16H2;1-2H3. The molecule has 0 radical (unpaired) electrons. The van der Waals surface area contributed by atoms with Gasteiger partial charge in [-0.05, 0) is 66.4 Å². The Bertz CT molecular complexity index is 2770. The van der Waals surface area contributed by atoms with Gasteiger partial charge in [-0.25, -0.2) is 9.97 Å². The van der Waals surface area contributed by atoms with Crippen LogP contribution in [0.1, 0.15) is 44.0 Å². The Morgan fingerprint density at radius 2 is 1.31 bits per heavy atom. The van der Waals surface area contributed by atoms with Crippen LogP contribution < -0.4 is 0 Å². The van der Waals surface area contributed by atoms with Gasteiger partial charge in [0.1, 0.15) is 5.82 Å². The summed E-state index contributed by atoms with van der Waals surface area (Å²) in [7, 11) is 0. The Hall–Kier alpha value is -5.84. The van der Waals surface area contributed by atoms with E-state index in [1.54, 1.807) is 0 Å². The lowest BCUT2D eigenvalue weighted by atomic mass is 9.96. The van der Waals surface area contributed by atoms with Crippen molar-refractivity contribution in [2.24, 2.45) is 0 Å². The molecule has 0 spiro atoms. The van der Waals surface area contributed by atoms with Gasteiger partial charge in [0.25, 0.3) is 0 Å². The number of rotatable bonds is 4. The van der Waals surface area contributed by atoms with Gasteiger partial charge in [0, 0.05) is 48.8 Å². The molecular formula is C47H37N3S. The number of thiophene rings is 1. The van der Waals surface area contributed by atoms with Crippen molar-refractivity contribution in [3.8, 4) is 16.9 Å². The van der Waals surface area contributed by atoms with Crippen molar-refractivity contribution in [2.45, 2.75) is 32.6 Å². The van der Waals surface area contributed by atoms with Crippen LogP contribution in [0.15, 0.2) is 158 Å². The highest BCUT2D eigenvalue weighted by Gasteiger charge is 2.21. The van der Waals surface area contributed by atoms with Crippen LogP contribution in [-0.4, -0.2) is 14.5 Å². The van der Waals surface area contributed by atoms with E-state index in [0.29, 0.717) is 0 Å². The van der Waals surface area contributed by atoms with Gasteiger partial charge in [0.05, 0.1) is 26.9 Å². The molecule has 1 aliphatic rings. The molecule has 3 heterocycles. The molecular weight excluding hydrogens is 639 g/mol. The Kier molecular flexibility index (Phi) is 8.02. The molecule has 0 fully saturated rings. The van der Waals surface area contributed by atoms with Crippen molar-refractivity contribution in [3.63, 3.8) is 0 Å². The highest BCUT2D eigenvalue weighted by molar-refractivity contribution is 7.26. The molecule has 246 valence electrons. The van der Waals surface area contributed by atoms with Crippen LogP contribution in [0.25, 0.3) is 75.4 Å². The zero-order valence-electron chi connectivity index (χ0n) is 28.8. The lowest BCUT2D eigenvalue weighted by molar-refractivity contribution is 0.711. The van der Waals surface area contributed by atoms with Crippen LogP contribution >= 0.6 is 11.3 Å². The molecule has 0 saturated carbocycles. The predicted octanol–water partition coefficient (Wildman–Crippen LogP) is 13.3. The van der Waals surface area contributed by atoms with Crippen LogP contribution in [0, 0.1) is 0 Å². The fourth-order valence-corrected chi connectivity index (χ4v) is 8.81. The molecule has 10 rings (SSSR count). The van der Waals surface area contributed by atoms with Gasteiger partial charge in [-0.1, -0.05) is 129 Å². The predicted molar refractivity (Wildman–Crippen MR) is 219 cm³/mol. The molecule has 0 bridgehead atoms. The van der Waals surface area contributed by atoms with Crippen molar-refractivity contribution in [2.75, 3.05) is 0 Å². The first kappa shape index (κ1) is 31.2. The largest absolute Gasteiger partial charge is 0.309 e. The topological polar surface area (TPSA) is 30.7 Å². The molecule has 0 aliphatic heterocycles. The lowest BCUT2D eigenvalue weighted by Crippen LogP contribution is -2.05.